The van der Waals surface area contributed by atoms with Crippen molar-refractivity contribution in [3.8, 4) is 5.75 Å². The maximum Gasteiger partial charge on any atom is 0.122 e. The van der Waals surface area contributed by atoms with Crippen LogP contribution in [-0.4, -0.2) is 47.5 Å². The van der Waals surface area contributed by atoms with E-state index in [9.17, 15) is 10.2 Å². The summed E-state index contributed by atoms with van der Waals surface area (Å²) in [6.45, 7) is 3.78. The van der Waals surface area contributed by atoms with Crippen LogP contribution in [0, 0.1) is 6.92 Å². The van der Waals surface area contributed by atoms with Crippen LogP contribution in [0.15, 0.2) is 48.5 Å². The molecule has 0 radical (unpaired) electrons. The highest BCUT2D eigenvalue weighted by atomic mass is 35.5. The normalized spacial score (nSPS) is 11.9. The number of nitrogens with zero attached hydrogens (tertiary/aromatic N) is 1. The van der Waals surface area contributed by atoms with E-state index in [4.69, 9.17) is 16.3 Å². The van der Waals surface area contributed by atoms with Crippen molar-refractivity contribution in [3.63, 3.8) is 0 Å². The Kier molecular flexibility index (Phi) is 9.86. The topological polar surface area (TPSA) is 52.9 Å². The number of halogens is 2. The molecule has 2 N–H and O–H groups in total. The number of hydrogen-bond donors (Lipinski definition) is 2. The summed E-state index contributed by atoms with van der Waals surface area (Å²) in [5.41, 5.74) is 2.08. The molecule has 4 nitrogen and oxygen atoms in total. The quantitative estimate of drug-likeness (QED) is 0.633. The molecular formula is C19H24Cl2NO3-. The van der Waals surface area contributed by atoms with Gasteiger partial charge < -0.3 is 27.4 Å². The van der Waals surface area contributed by atoms with Crippen LogP contribution >= 0.6 is 11.6 Å². The summed E-state index contributed by atoms with van der Waals surface area (Å²) in [5.74, 6) is 0.718. The maximum absolute atomic E-state index is 10.3. The lowest BCUT2D eigenvalue weighted by molar-refractivity contribution is -0.00000961. The number of aliphatic hydroxyl groups is 2. The monoisotopic (exact) mass is 384 g/mol. The summed E-state index contributed by atoms with van der Waals surface area (Å²) in [6, 6.07) is 15.4. The standard InChI is InChI=1S/C19H24ClNO3.ClH/c1-15-11-17(20)7-8-19(15)24-14-18(23)13-21(9-10-22)12-16-5-3-2-4-6-16;/h2-8,11,18,22-23H,9-10,12-14H2,1H3;1H/p-1. The second-order valence-electron chi connectivity index (χ2n) is 5.82. The average molecular weight is 385 g/mol. The minimum absolute atomic E-state index is 0. The van der Waals surface area contributed by atoms with Gasteiger partial charge in [0.25, 0.3) is 0 Å². The molecule has 0 spiro atoms. The van der Waals surface area contributed by atoms with Gasteiger partial charge in [-0.1, -0.05) is 41.9 Å². The van der Waals surface area contributed by atoms with Gasteiger partial charge in [-0.2, -0.15) is 0 Å². The number of benzene rings is 2. The Morgan fingerprint density at radius 3 is 2.52 bits per heavy atom. The molecule has 0 heterocycles. The van der Waals surface area contributed by atoms with Gasteiger partial charge in [-0.3, -0.25) is 4.90 Å². The van der Waals surface area contributed by atoms with Crippen molar-refractivity contribution in [2.24, 2.45) is 0 Å². The van der Waals surface area contributed by atoms with E-state index in [1.165, 1.54) is 0 Å². The van der Waals surface area contributed by atoms with Gasteiger partial charge in [-0.25, -0.2) is 0 Å². The van der Waals surface area contributed by atoms with Gasteiger partial charge in [-0.05, 0) is 36.2 Å². The SMILES string of the molecule is Cc1cc(Cl)ccc1OCC(O)CN(CCO)Cc1ccccc1.[Cl-]. The lowest BCUT2D eigenvalue weighted by Gasteiger charge is -2.24. The van der Waals surface area contributed by atoms with Gasteiger partial charge in [0, 0.05) is 24.7 Å². The van der Waals surface area contributed by atoms with Crippen LogP contribution in [-0.2, 0) is 6.54 Å². The zero-order chi connectivity index (χ0) is 17.4. The fraction of sp³-hybridized carbons (Fsp3) is 0.368. The van der Waals surface area contributed by atoms with Gasteiger partial charge >= 0.3 is 0 Å². The molecule has 0 aromatic heterocycles. The van der Waals surface area contributed by atoms with Crippen LogP contribution in [0.5, 0.6) is 5.75 Å². The first kappa shape index (κ1) is 21.7. The molecular weight excluding hydrogens is 361 g/mol. The second kappa shape index (κ2) is 11.3. The molecule has 0 bridgehead atoms. The van der Waals surface area contributed by atoms with Gasteiger partial charge in [0.1, 0.15) is 18.5 Å². The Morgan fingerprint density at radius 2 is 1.88 bits per heavy atom. The first-order valence-electron chi connectivity index (χ1n) is 8.02. The van der Waals surface area contributed by atoms with E-state index in [0.717, 1.165) is 16.9 Å². The summed E-state index contributed by atoms with van der Waals surface area (Å²) in [4.78, 5) is 2.01. The Morgan fingerprint density at radius 1 is 1.16 bits per heavy atom. The molecule has 0 saturated heterocycles. The van der Waals surface area contributed by atoms with E-state index in [-0.39, 0.29) is 25.6 Å². The highest BCUT2D eigenvalue weighted by molar-refractivity contribution is 6.30. The molecule has 138 valence electrons. The van der Waals surface area contributed by atoms with E-state index >= 15 is 0 Å². The summed E-state index contributed by atoms with van der Waals surface area (Å²) in [7, 11) is 0. The molecule has 0 saturated carbocycles. The van der Waals surface area contributed by atoms with Crippen LogP contribution < -0.4 is 17.1 Å². The summed E-state index contributed by atoms with van der Waals surface area (Å²) in [5, 5.41) is 20.2. The van der Waals surface area contributed by atoms with Crippen LogP contribution in [0.4, 0.5) is 0 Å². The van der Waals surface area contributed by atoms with Crippen molar-refractivity contribution in [1.29, 1.82) is 0 Å². The van der Waals surface area contributed by atoms with Crippen molar-refractivity contribution in [2.75, 3.05) is 26.3 Å². The molecule has 2 aromatic carbocycles. The van der Waals surface area contributed by atoms with Crippen molar-refractivity contribution >= 4 is 11.6 Å². The van der Waals surface area contributed by atoms with E-state index in [2.05, 4.69) is 0 Å². The zero-order valence-electron chi connectivity index (χ0n) is 14.2. The lowest BCUT2D eigenvalue weighted by atomic mass is 10.2. The Hall–Kier alpha value is -1.30. The molecule has 2 rings (SSSR count). The van der Waals surface area contributed by atoms with Crippen molar-refractivity contribution in [3.05, 3.63) is 64.7 Å². The molecule has 0 amide bonds. The summed E-state index contributed by atoms with van der Waals surface area (Å²) < 4.78 is 5.68. The molecule has 6 heteroatoms. The number of aliphatic hydroxyl groups excluding tert-OH is 2. The zero-order valence-corrected chi connectivity index (χ0v) is 15.7. The van der Waals surface area contributed by atoms with E-state index in [1.54, 1.807) is 12.1 Å². The van der Waals surface area contributed by atoms with Crippen molar-refractivity contribution in [2.45, 2.75) is 19.6 Å². The van der Waals surface area contributed by atoms with E-state index < -0.39 is 6.10 Å². The fourth-order valence-electron chi connectivity index (χ4n) is 2.53. The Labute approximate surface area is 160 Å². The van der Waals surface area contributed by atoms with Gasteiger partial charge in [-0.15, -0.1) is 0 Å². The number of ether oxygens (including phenoxy) is 1. The van der Waals surface area contributed by atoms with E-state index in [0.29, 0.717) is 24.7 Å². The summed E-state index contributed by atoms with van der Waals surface area (Å²) in [6.07, 6.45) is -0.643. The molecule has 0 aliphatic rings. The van der Waals surface area contributed by atoms with Crippen LogP contribution in [0.25, 0.3) is 0 Å². The molecule has 1 atom stereocenters. The minimum Gasteiger partial charge on any atom is -1.00 e. The van der Waals surface area contributed by atoms with Crippen LogP contribution in [0.3, 0.4) is 0 Å². The lowest BCUT2D eigenvalue weighted by Crippen LogP contribution is -3.00. The molecule has 0 fully saturated rings. The average Bonchev–Trinajstić information content (AvgIpc) is 2.55. The third kappa shape index (κ3) is 7.63. The molecule has 2 aromatic rings. The molecule has 1 unspecified atom stereocenters. The fourth-order valence-corrected chi connectivity index (χ4v) is 2.76. The minimum atomic E-state index is -0.643. The van der Waals surface area contributed by atoms with Crippen LogP contribution in [0.2, 0.25) is 5.02 Å². The predicted molar refractivity (Wildman–Crippen MR) is 96.5 cm³/mol. The van der Waals surface area contributed by atoms with Crippen LogP contribution in [0.1, 0.15) is 11.1 Å². The number of hydrogen-bond acceptors (Lipinski definition) is 4. The highest BCUT2D eigenvalue weighted by Crippen LogP contribution is 2.21. The number of rotatable bonds is 9. The maximum atomic E-state index is 10.3. The highest BCUT2D eigenvalue weighted by Gasteiger charge is 2.13. The summed E-state index contributed by atoms with van der Waals surface area (Å²) >= 11 is 5.92. The first-order chi connectivity index (χ1) is 11.6. The van der Waals surface area contributed by atoms with Crippen molar-refractivity contribution in [1.82, 2.24) is 4.90 Å². The largest absolute Gasteiger partial charge is 1.00 e. The van der Waals surface area contributed by atoms with Gasteiger partial charge in [0.15, 0.2) is 0 Å². The first-order valence-corrected chi connectivity index (χ1v) is 8.40. The molecule has 0 aliphatic carbocycles. The van der Waals surface area contributed by atoms with Crippen molar-refractivity contribution < 1.29 is 27.4 Å². The van der Waals surface area contributed by atoms with E-state index in [1.807, 2.05) is 48.2 Å². The van der Waals surface area contributed by atoms with Gasteiger partial charge in [0.05, 0.1) is 6.61 Å². The third-order valence-electron chi connectivity index (χ3n) is 3.70. The smallest absolute Gasteiger partial charge is 0.122 e. The third-order valence-corrected chi connectivity index (χ3v) is 3.94. The van der Waals surface area contributed by atoms with Gasteiger partial charge in [0.2, 0.25) is 0 Å². The Balaban J connectivity index is 0.00000312. The predicted octanol–water partition coefficient (Wildman–Crippen LogP) is -0.113. The molecule has 25 heavy (non-hydrogen) atoms. The second-order valence-corrected chi connectivity index (χ2v) is 6.26. The molecule has 0 aliphatic heterocycles. The number of aryl methyl sites for hydroxylation is 1. The Bertz CT molecular complexity index is 625.